The van der Waals surface area contributed by atoms with E-state index in [9.17, 15) is 14.2 Å². The Morgan fingerprint density at radius 3 is 2.15 bits per heavy atom. The van der Waals surface area contributed by atoms with Crippen LogP contribution < -0.4 is 5.73 Å². The van der Waals surface area contributed by atoms with E-state index in [2.05, 4.69) is 0 Å². The summed E-state index contributed by atoms with van der Waals surface area (Å²) in [4.78, 5) is 25.8. The molecular formula is C4H13NO6P2. The Balaban J connectivity index is 4.75. The van der Waals surface area contributed by atoms with E-state index in [1.165, 1.54) is 0 Å². The molecule has 0 aromatic heterocycles. The van der Waals surface area contributed by atoms with Crippen LogP contribution in [0.15, 0.2) is 0 Å². The molecule has 0 aromatic carbocycles. The van der Waals surface area contributed by atoms with Gasteiger partial charge in [-0.2, -0.15) is 0 Å². The summed E-state index contributed by atoms with van der Waals surface area (Å²) in [6.45, 7) is 0.0808. The molecular weight excluding hydrogens is 220 g/mol. The fourth-order valence-corrected chi connectivity index (χ4v) is 2.56. The molecule has 0 spiro atoms. The Hall–Kier alpha value is 0.260. The largest absolute Gasteiger partial charge is 0.370 e. The molecule has 0 rings (SSSR count). The lowest BCUT2D eigenvalue weighted by atomic mass is 10.3. The Bertz CT molecular complexity index is 239. The molecule has 0 bridgehead atoms. The molecule has 0 amide bonds. The third-order valence-electron chi connectivity index (χ3n) is 1.55. The summed E-state index contributed by atoms with van der Waals surface area (Å²) in [6.07, 6.45) is -0.416. The van der Waals surface area contributed by atoms with Crippen LogP contribution in [0.2, 0.25) is 0 Å². The maximum absolute atomic E-state index is 10.7. The van der Waals surface area contributed by atoms with E-state index in [0.29, 0.717) is 0 Å². The number of hydrogen-bond donors (Lipinski definition) is 5. The quantitative estimate of drug-likeness (QED) is 0.384. The molecule has 7 nitrogen and oxygen atoms in total. The average molecular weight is 233 g/mol. The predicted octanol–water partition coefficient (Wildman–Crippen LogP) is -0.984. The third kappa shape index (κ3) is 3.14. The number of rotatable bonds is 5. The van der Waals surface area contributed by atoms with Crippen LogP contribution in [-0.2, 0) is 9.13 Å². The lowest BCUT2D eigenvalue weighted by Gasteiger charge is -2.25. The Labute approximate surface area is 75.6 Å². The standard InChI is InChI=1S/C4H13NO6P2/c5-3-1-2-4(6,12(7)8)13(9,10)11/h6,12H,1-3,5H2,(H,7,8)(H2,9,10,11). The molecule has 2 atom stereocenters. The first-order valence-corrected chi connectivity index (χ1v) is 6.44. The molecule has 0 aliphatic carbocycles. The van der Waals surface area contributed by atoms with Crippen molar-refractivity contribution in [2.75, 3.05) is 6.54 Å². The molecule has 0 aromatic rings. The van der Waals surface area contributed by atoms with Gasteiger partial charge in [-0.1, -0.05) is 0 Å². The average Bonchev–Trinajstić information content (AvgIpc) is 1.97. The molecule has 0 heterocycles. The van der Waals surface area contributed by atoms with Gasteiger partial charge in [0, 0.05) is 0 Å². The van der Waals surface area contributed by atoms with Crippen molar-refractivity contribution in [3.8, 4) is 0 Å². The SMILES string of the molecule is NCCCC(O)([PH](=O)O)P(=O)(O)O. The normalized spacial score (nSPS) is 19.5. The minimum atomic E-state index is -4.99. The van der Waals surface area contributed by atoms with Crippen molar-refractivity contribution in [1.29, 1.82) is 0 Å². The molecule has 0 saturated heterocycles. The maximum Gasteiger partial charge on any atom is 0.366 e. The highest BCUT2D eigenvalue weighted by Crippen LogP contribution is 2.61. The van der Waals surface area contributed by atoms with Crippen molar-refractivity contribution in [3.05, 3.63) is 0 Å². The van der Waals surface area contributed by atoms with E-state index in [0.717, 1.165) is 0 Å². The van der Waals surface area contributed by atoms with Crippen LogP contribution in [0.5, 0.6) is 0 Å². The fourth-order valence-electron chi connectivity index (χ4n) is 0.726. The fraction of sp³-hybridized carbons (Fsp3) is 1.00. The van der Waals surface area contributed by atoms with Gasteiger partial charge in [0.25, 0.3) is 0 Å². The van der Waals surface area contributed by atoms with Crippen molar-refractivity contribution in [2.24, 2.45) is 5.73 Å². The van der Waals surface area contributed by atoms with Crippen molar-refractivity contribution >= 4 is 15.6 Å². The molecule has 13 heavy (non-hydrogen) atoms. The van der Waals surface area contributed by atoms with Gasteiger partial charge < -0.3 is 25.5 Å². The molecule has 0 aliphatic heterocycles. The van der Waals surface area contributed by atoms with Gasteiger partial charge in [-0.25, -0.2) is 0 Å². The van der Waals surface area contributed by atoms with Gasteiger partial charge in [0.05, 0.1) is 0 Å². The van der Waals surface area contributed by atoms with Gasteiger partial charge in [0.2, 0.25) is 13.1 Å². The molecule has 80 valence electrons. The number of aliphatic hydroxyl groups is 1. The maximum atomic E-state index is 10.7. The summed E-state index contributed by atoms with van der Waals surface area (Å²) in [5.74, 6) is 0. The monoisotopic (exact) mass is 233 g/mol. The van der Waals surface area contributed by atoms with E-state index >= 15 is 0 Å². The zero-order valence-corrected chi connectivity index (χ0v) is 8.65. The first-order valence-electron chi connectivity index (χ1n) is 3.47. The van der Waals surface area contributed by atoms with Crippen LogP contribution in [-0.4, -0.2) is 31.4 Å². The molecule has 9 heteroatoms. The van der Waals surface area contributed by atoms with Crippen LogP contribution in [0, 0.1) is 0 Å². The van der Waals surface area contributed by atoms with E-state index in [4.69, 9.17) is 20.4 Å². The van der Waals surface area contributed by atoms with Gasteiger partial charge in [0.1, 0.15) is 0 Å². The molecule has 0 fully saturated rings. The van der Waals surface area contributed by atoms with Crippen molar-refractivity contribution < 1.29 is 28.9 Å². The Kier molecular flexibility index (Phi) is 4.76. The molecule has 0 radical (unpaired) electrons. The molecule has 6 N–H and O–H groups in total. The molecule has 0 aliphatic rings. The van der Waals surface area contributed by atoms with Gasteiger partial charge in [-0.05, 0) is 19.4 Å². The van der Waals surface area contributed by atoms with E-state index in [1.54, 1.807) is 0 Å². The van der Waals surface area contributed by atoms with Gasteiger partial charge in [-0.3, -0.25) is 9.13 Å². The van der Waals surface area contributed by atoms with Gasteiger partial charge in [-0.15, -0.1) is 0 Å². The lowest BCUT2D eigenvalue weighted by molar-refractivity contribution is 0.144. The van der Waals surface area contributed by atoms with Crippen LogP contribution in [0.3, 0.4) is 0 Å². The first-order chi connectivity index (χ1) is 5.75. The smallest absolute Gasteiger partial charge is 0.366 e. The molecule has 0 saturated carbocycles. The zero-order chi connectivity index (χ0) is 10.7. The highest BCUT2D eigenvalue weighted by Gasteiger charge is 2.49. The summed E-state index contributed by atoms with van der Waals surface area (Å²) in [7, 11) is -8.71. The van der Waals surface area contributed by atoms with Crippen LogP contribution in [0.4, 0.5) is 0 Å². The number of hydrogen-bond acceptors (Lipinski definition) is 4. The summed E-state index contributed by atoms with van der Waals surface area (Å²) in [6, 6.07) is 0. The summed E-state index contributed by atoms with van der Waals surface area (Å²) in [5.41, 5.74) is 5.04. The summed E-state index contributed by atoms with van der Waals surface area (Å²) < 4.78 is 21.2. The molecule has 2 unspecified atom stereocenters. The predicted molar refractivity (Wildman–Crippen MR) is 46.5 cm³/mol. The van der Waals surface area contributed by atoms with Crippen molar-refractivity contribution in [3.63, 3.8) is 0 Å². The van der Waals surface area contributed by atoms with Crippen molar-refractivity contribution in [1.82, 2.24) is 0 Å². The highest BCUT2D eigenvalue weighted by atomic mass is 31.2. The minimum absolute atomic E-state index is 0.0680. The van der Waals surface area contributed by atoms with Crippen molar-refractivity contribution in [2.45, 2.75) is 17.9 Å². The minimum Gasteiger partial charge on any atom is -0.370 e. The second-order valence-electron chi connectivity index (χ2n) is 2.56. The first kappa shape index (κ1) is 13.3. The van der Waals surface area contributed by atoms with Crippen LogP contribution in [0.1, 0.15) is 12.8 Å². The Morgan fingerprint density at radius 2 is 1.92 bits per heavy atom. The van der Waals surface area contributed by atoms with E-state index < -0.39 is 27.1 Å². The summed E-state index contributed by atoms with van der Waals surface area (Å²) in [5, 5.41) is 6.40. The van der Waals surface area contributed by atoms with Gasteiger partial charge in [0.15, 0.2) is 0 Å². The highest BCUT2D eigenvalue weighted by molar-refractivity contribution is 7.66. The number of nitrogens with two attached hydrogens (primary N) is 1. The second kappa shape index (κ2) is 4.66. The van der Waals surface area contributed by atoms with Gasteiger partial charge >= 0.3 is 7.60 Å². The van der Waals surface area contributed by atoms with E-state index in [-0.39, 0.29) is 13.0 Å². The van der Waals surface area contributed by atoms with E-state index in [1.807, 2.05) is 0 Å². The Morgan fingerprint density at radius 1 is 1.46 bits per heavy atom. The van der Waals surface area contributed by atoms with Crippen LogP contribution >= 0.6 is 15.6 Å². The summed E-state index contributed by atoms with van der Waals surface area (Å²) >= 11 is 0. The lowest BCUT2D eigenvalue weighted by Crippen LogP contribution is -2.25. The zero-order valence-electron chi connectivity index (χ0n) is 6.75. The second-order valence-corrected chi connectivity index (χ2v) is 6.24. The third-order valence-corrected chi connectivity index (χ3v) is 5.12. The van der Waals surface area contributed by atoms with Crippen LogP contribution in [0.25, 0.3) is 0 Å². The topological polar surface area (TPSA) is 141 Å².